The van der Waals surface area contributed by atoms with E-state index in [4.69, 9.17) is 10.1 Å². The Morgan fingerprint density at radius 1 is 1.04 bits per heavy atom. The third-order valence-electron chi connectivity index (χ3n) is 4.97. The molecule has 5 rings (SSSR count). The Morgan fingerprint density at radius 2 is 1.85 bits per heavy atom. The number of halogens is 1. The Balaban J connectivity index is 1.60. The highest BCUT2D eigenvalue weighted by Crippen LogP contribution is 2.34. The summed E-state index contributed by atoms with van der Waals surface area (Å²) >= 11 is 6.93. The lowest BCUT2D eigenvalue weighted by molar-refractivity contribution is 0.217. The molecule has 0 amide bonds. The Kier molecular flexibility index (Phi) is 4.85. The van der Waals surface area contributed by atoms with Crippen LogP contribution < -0.4 is 0 Å². The van der Waals surface area contributed by atoms with Gasteiger partial charge < -0.3 is 0 Å². The molecule has 4 heterocycles. The van der Waals surface area contributed by atoms with Crippen LogP contribution in [-0.4, -0.2) is 32.6 Å². The zero-order chi connectivity index (χ0) is 18.2. The molecule has 0 spiro atoms. The van der Waals surface area contributed by atoms with Crippen molar-refractivity contribution < 1.29 is 0 Å². The molecule has 1 fully saturated rings. The summed E-state index contributed by atoms with van der Waals surface area (Å²) < 4.78 is 3.16. The van der Waals surface area contributed by atoms with E-state index in [-0.39, 0.29) is 0 Å². The maximum absolute atomic E-state index is 4.99. The molecule has 1 aliphatic heterocycles. The van der Waals surface area contributed by atoms with Gasteiger partial charge in [-0.25, -0.2) is 9.50 Å². The molecule has 0 N–H and O–H groups in total. The normalized spacial score (nSPS) is 15.6. The minimum absolute atomic E-state index is 0.903. The van der Waals surface area contributed by atoms with E-state index in [0.717, 1.165) is 45.3 Å². The van der Waals surface area contributed by atoms with E-state index >= 15 is 0 Å². The Labute approximate surface area is 174 Å². The number of aromatic nitrogens is 3. The van der Waals surface area contributed by atoms with Crippen molar-refractivity contribution in [1.82, 2.24) is 19.5 Å². The zero-order valence-corrected chi connectivity index (χ0v) is 18.0. The summed E-state index contributed by atoms with van der Waals surface area (Å²) in [6.07, 6.45) is 3.91. The van der Waals surface area contributed by atoms with Gasteiger partial charge in [0.05, 0.1) is 16.3 Å². The van der Waals surface area contributed by atoms with E-state index in [1.807, 2.05) is 0 Å². The molecule has 0 saturated carbocycles. The maximum Gasteiger partial charge on any atom is 0.213 e. The second kappa shape index (κ2) is 7.47. The quantitative estimate of drug-likeness (QED) is 0.379. The smallest absolute Gasteiger partial charge is 0.213 e. The van der Waals surface area contributed by atoms with Gasteiger partial charge >= 0.3 is 0 Å². The molecule has 1 saturated heterocycles. The number of imidazole rings is 1. The largest absolute Gasteiger partial charge is 0.297 e. The van der Waals surface area contributed by atoms with Gasteiger partial charge in [-0.15, -0.1) is 11.3 Å². The van der Waals surface area contributed by atoms with Crippen molar-refractivity contribution in [3.05, 3.63) is 51.9 Å². The van der Waals surface area contributed by atoms with E-state index in [1.54, 1.807) is 22.7 Å². The van der Waals surface area contributed by atoms with Crippen molar-refractivity contribution in [3.8, 4) is 21.1 Å². The van der Waals surface area contributed by atoms with Gasteiger partial charge in [0.25, 0.3) is 0 Å². The number of hydrogen-bond acceptors (Lipinski definition) is 5. The highest BCUT2D eigenvalue weighted by molar-refractivity contribution is 9.10. The lowest BCUT2D eigenvalue weighted by Gasteiger charge is -2.26. The standard InChI is InChI=1S/C20H19BrN4S2/c21-15-8-6-14(7-9-15)18-16(13-24-10-2-1-3-11-24)25-20(22-18)27-19(23-25)17-5-4-12-26-17/h4-9,12H,1-3,10-11,13H2. The summed E-state index contributed by atoms with van der Waals surface area (Å²) in [4.78, 5) is 9.71. The molecule has 138 valence electrons. The third kappa shape index (κ3) is 3.49. The van der Waals surface area contributed by atoms with Gasteiger partial charge in [0.1, 0.15) is 0 Å². The van der Waals surface area contributed by atoms with E-state index in [1.165, 1.54) is 29.8 Å². The summed E-state index contributed by atoms with van der Waals surface area (Å²) in [7, 11) is 0. The van der Waals surface area contributed by atoms with Crippen molar-refractivity contribution in [2.24, 2.45) is 0 Å². The fourth-order valence-corrected chi connectivity index (χ4v) is 5.57. The van der Waals surface area contributed by atoms with Crippen LogP contribution in [0.25, 0.3) is 26.1 Å². The summed E-state index contributed by atoms with van der Waals surface area (Å²) in [6.45, 7) is 3.23. The van der Waals surface area contributed by atoms with Crippen molar-refractivity contribution in [1.29, 1.82) is 0 Å². The first-order chi connectivity index (χ1) is 13.3. The van der Waals surface area contributed by atoms with E-state index in [2.05, 4.69) is 67.1 Å². The van der Waals surface area contributed by atoms with Crippen LogP contribution in [0.3, 0.4) is 0 Å². The van der Waals surface area contributed by atoms with Gasteiger partial charge in [0.2, 0.25) is 4.96 Å². The molecule has 3 aromatic heterocycles. The monoisotopic (exact) mass is 458 g/mol. The molecule has 0 bridgehead atoms. The summed E-state index contributed by atoms with van der Waals surface area (Å²) in [5, 5.41) is 8.08. The van der Waals surface area contributed by atoms with Crippen LogP contribution in [0.2, 0.25) is 0 Å². The number of benzene rings is 1. The molecule has 0 atom stereocenters. The first-order valence-electron chi connectivity index (χ1n) is 9.18. The van der Waals surface area contributed by atoms with Gasteiger partial charge in [-0.3, -0.25) is 4.90 Å². The fraction of sp³-hybridized carbons (Fsp3) is 0.300. The molecule has 27 heavy (non-hydrogen) atoms. The van der Waals surface area contributed by atoms with Gasteiger partial charge in [-0.1, -0.05) is 51.9 Å². The molecule has 0 unspecified atom stereocenters. The van der Waals surface area contributed by atoms with Crippen LogP contribution in [0.1, 0.15) is 25.0 Å². The topological polar surface area (TPSA) is 33.4 Å². The van der Waals surface area contributed by atoms with Crippen molar-refractivity contribution >= 4 is 43.6 Å². The molecular formula is C20H19BrN4S2. The average Bonchev–Trinajstić information content (AvgIpc) is 3.41. The van der Waals surface area contributed by atoms with Crippen LogP contribution >= 0.6 is 38.6 Å². The van der Waals surface area contributed by atoms with E-state index in [0.29, 0.717) is 0 Å². The number of rotatable bonds is 4. The molecule has 4 aromatic rings. The van der Waals surface area contributed by atoms with Gasteiger partial charge in [-0.05, 0) is 49.5 Å². The molecule has 0 aliphatic carbocycles. The maximum atomic E-state index is 4.99. The Hall–Kier alpha value is -1.54. The van der Waals surface area contributed by atoms with Crippen molar-refractivity contribution in [2.45, 2.75) is 25.8 Å². The molecule has 1 aromatic carbocycles. The van der Waals surface area contributed by atoms with Gasteiger partial charge in [0, 0.05) is 16.6 Å². The van der Waals surface area contributed by atoms with Crippen LogP contribution in [0.5, 0.6) is 0 Å². The Morgan fingerprint density at radius 3 is 2.59 bits per heavy atom. The fourth-order valence-electron chi connectivity index (χ4n) is 3.60. The van der Waals surface area contributed by atoms with Crippen molar-refractivity contribution in [3.63, 3.8) is 0 Å². The molecule has 4 nitrogen and oxygen atoms in total. The lowest BCUT2D eigenvalue weighted by atomic mass is 10.1. The minimum Gasteiger partial charge on any atom is -0.297 e. The summed E-state index contributed by atoms with van der Waals surface area (Å²) in [5.74, 6) is 0. The minimum atomic E-state index is 0.903. The van der Waals surface area contributed by atoms with Crippen LogP contribution in [0, 0.1) is 0 Å². The Bertz CT molecular complexity index is 1040. The molecule has 0 radical (unpaired) electrons. The van der Waals surface area contributed by atoms with Crippen molar-refractivity contribution in [2.75, 3.05) is 13.1 Å². The van der Waals surface area contributed by atoms with Gasteiger partial charge in [0.15, 0.2) is 5.01 Å². The van der Waals surface area contributed by atoms with E-state index in [9.17, 15) is 0 Å². The number of thiophene rings is 1. The summed E-state index contributed by atoms with van der Waals surface area (Å²) in [5.41, 5.74) is 3.42. The highest BCUT2D eigenvalue weighted by Gasteiger charge is 2.22. The van der Waals surface area contributed by atoms with Crippen LogP contribution in [-0.2, 0) is 6.54 Å². The number of piperidine rings is 1. The van der Waals surface area contributed by atoms with Gasteiger partial charge in [-0.2, -0.15) is 5.10 Å². The molecule has 7 heteroatoms. The average molecular weight is 459 g/mol. The number of nitrogens with zero attached hydrogens (tertiary/aromatic N) is 4. The number of likely N-dealkylation sites (tertiary alicyclic amines) is 1. The first kappa shape index (κ1) is 17.6. The SMILES string of the molecule is Brc1ccc(-c2nc3sc(-c4cccs4)nn3c2CN2CCCCC2)cc1. The third-order valence-corrected chi connectivity index (χ3v) is 7.44. The van der Waals surface area contributed by atoms with Crippen LogP contribution in [0.4, 0.5) is 0 Å². The highest BCUT2D eigenvalue weighted by atomic mass is 79.9. The second-order valence-electron chi connectivity index (χ2n) is 6.83. The predicted octanol–water partition coefficient (Wildman–Crippen LogP) is 5.93. The number of fused-ring (bicyclic) bond motifs is 1. The molecule has 1 aliphatic rings. The van der Waals surface area contributed by atoms with E-state index < -0.39 is 0 Å². The second-order valence-corrected chi connectivity index (χ2v) is 9.65. The van der Waals surface area contributed by atoms with Crippen LogP contribution in [0.15, 0.2) is 46.3 Å². The summed E-state index contributed by atoms with van der Waals surface area (Å²) in [6, 6.07) is 12.6. The molecular weight excluding hydrogens is 440 g/mol. The zero-order valence-electron chi connectivity index (χ0n) is 14.8. The predicted molar refractivity (Wildman–Crippen MR) is 116 cm³/mol. The first-order valence-corrected chi connectivity index (χ1v) is 11.7. The lowest BCUT2D eigenvalue weighted by Crippen LogP contribution is -2.29. The number of hydrogen-bond donors (Lipinski definition) is 0.